The topological polar surface area (TPSA) is 69.7 Å². The quantitative estimate of drug-likeness (QED) is 0.265. The predicted octanol–water partition coefficient (Wildman–Crippen LogP) is 3.44. The summed E-state index contributed by atoms with van der Waals surface area (Å²) >= 11 is 0. The molecule has 0 bridgehead atoms. The maximum Gasteiger partial charge on any atom is 0.343 e. The Bertz CT molecular complexity index is 789. The molecule has 0 N–H and O–H groups in total. The van der Waals surface area contributed by atoms with Crippen LogP contribution in [0.2, 0.25) is 0 Å². The van der Waals surface area contributed by atoms with Crippen molar-refractivity contribution < 1.29 is 23.9 Å². The SMILES string of the molecule is CCOC(=O)/C(=C\c1ccc(OC(=O)c2ccccc2)cc1)C(C)=O. The van der Waals surface area contributed by atoms with Gasteiger partial charge < -0.3 is 9.47 Å². The van der Waals surface area contributed by atoms with E-state index in [0.717, 1.165) is 0 Å². The van der Waals surface area contributed by atoms with Gasteiger partial charge in [-0.25, -0.2) is 9.59 Å². The highest BCUT2D eigenvalue weighted by Crippen LogP contribution is 2.17. The zero-order valence-corrected chi connectivity index (χ0v) is 14.0. The van der Waals surface area contributed by atoms with Gasteiger partial charge in [0.1, 0.15) is 11.3 Å². The van der Waals surface area contributed by atoms with Gasteiger partial charge in [-0.1, -0.05) is 30.3 Å². The van der Waals surface area contributed by atoms with Crippen LogP contribution >= 0.6 is 0 Å². The summed E-state index contributed by atoms with van der Waals surface area (Å²) in [5.74, 6) is -1.13. The molecule has 5 heteroatoms. The number of hydrogen-bond acceptors (Lipinski definition) is 5. The van der Waals surface area contributed by atoms with Crippen molar-refractivity contribution in [3.05, 3.63) is 71.3 Å². The number of carbonyl (C=O) groups excluding carboxylic acids is 3. The van der Waals surface area contributed by atoms with Crippen molar-refractivity contribution in [2.75, 3.05) is 6.61 Å². The minimum atomic E-state index is -0.658. The van der Waals surface area contributed by atoms with Gasteiger partial charge in [-0.3, -0.25) is 4.79 Å². The molecule has 0 unspecified atom stereocenters. The van der Waals surface area contributed by atoms with Crippen molar-refractivity contribution in [2.24, 2.45) is 0 Å². The van der Waals surface area contributed by atoms with E-state index in [1.165, 1.54) is 13.0 Å². The molecule has 25 heavy (non-hydrogen) atoms. The van der Waals surface area contributed by atoms with Crippen molar-refractivity contribution in [1.29, 1.82) is 0 Å². The second-order valence-electron chi connectivity index (χ2n) is 5.16. The standard InChI is InChI=1S/C20H18O5/c1-3-24-20(23)18(14(2)21)13-15-9-11-17(12-10-15)25-19(22)16-7-5-4-6-8-16/h4-13H,3H2,1-2H3/b18-13-. The average Bonchev–Trinajstić information content (AvgIpc) is 2.61. The van der Waals surface area contributed by atoms with Gasteiger partial charge in [0, 0.05) is 0 Å². The first-order valence-electron chi connectivity index (χ1n) is 7.78. The highest BCUT2D eigenvalue weighted by atomic mass is 16.5. The molecule has 5 nitrogen and oxygen atoms in total. The van der Waals surface area contributed by atoms with Gasteiger partial charge in [0.15, 0.2) is 5.78 Å². The highest BCUT2D eigenvalue weighted by Gasteiger charge is 2.15. The first-order chi connectivity index (χ1) is 12.0. The summed E-state index contributed by atoms with van der Waals surface area (Å²) in [7, 11) is 0. The van der Waals surface area contributed by atoms with Crippen LogP contribution in [0.1, 0.15) is 29.8 Å². The second-order valence-corrected chi connectivity index (χ2v) is 5.16. The normalized spacial score (nSPS) is 10.9. The van der Waals surface area contributed by atoms with Crippen molar-refractivity contribution in [2.45, 2.75) is 13.8 Å². The number of esters is 2. The number of hydrogen-bond donors (Lipinski definition) is 0. The van der Waals surface area contributed by atoms with E-state index in [4.69, 9.17) is 9.47 Å². The van der Waals surface area contributed by atoms with Crippen LogP contribution in [-0.4, -0.2) is 24.3 Å². The van der Waals surface area contributed by atoms with E-state index < -0.39 is 11.9 Å². The summed E-state index contributed by atoms with van der Waals surface area (Å²) in [6.07, 6.45) is 1.45. The zero-order chi connectivity index (χ0) is 18.2. The third-order valence-corrected chi connectivity index (χ3v) is 3.29. The summed E-state index contributed by atoms with van der Waals surface area (Å²) in [4.78, 5) is 35.4. The van der Waals surface area contributed by atoms with E-state index in [1.54, 1.807) is 55.5 Å². The minimum absolute atomic E-state index is 0.0316. The minimum Gasteiger partial charge on any atom is -0.462 e. The maximum atomic E-state index is 12.0. The van der Waals surface area contributed by atoms with Crippen LogP contribution in [0.15, 0.2) is 60.2 Å². The zero-order valence-electron chi connectivity index (χ0n) is 14.0. The molecule has 128 valence electrons. The first-order valence-corrected chi connectivity index (χ1v) is 7.78. The molecule has 0 amide bonds. The Balaban J connectivity index is 2.13. The van der Waals surface area contributed by atoms with Crippen LogP contribution in [0.4, 0.5) is 0 Å². The Kier molecular flexibility index (Phi) is 6.23. The van der Waals surface area contributed by atoms with E-state index >= 15 is 0 Å². The van der Waals surface area contributed by atoms with E-state index in [9.17, 15) is 14.4 Å². The van der Waals surface area contributed by atoms with Gasteiger partial charge in [0.25, 0.3) is 0 Å². The monoisotopic (exact) mass is 338 g/mol. The van der Waals surface area contributed by atoms with E-state index in [-0.39, 0.29) is 18.0 Å². The Hall–Kier alpha value is -3.21. The Morgan fingerprint density at radius 2 is 1.60 bits per heavy atom. The van der Waals surface area contributed by atoms with Gasteiger partial charge in [-0.05, 0) is 49.8 Å². The summed E-state index contributed by atoms with van der Waals surface area (Å²) < 4.78 is 10.1. The van der Waals surface area contributed by atoms with E-state index in [0.29, 0.717) is 16.9 Å². The number of rotatable bonds is 6. The van der Waals surface area contributed by atoms with Gasteiger partial charge in [0.05, 0.1) is 12.2 Å². The molecule has 0 aliphatic carbocycles. The van der Waals surface area contributed by atoms with Gasteiger partial charge >= 0.3 is 11.9 Å². The molecule has 2 aromatic rings. The molecule has 0 aliphatic rings. The lowest BCUT2D eigenvalue weighted by atomic mass is 10.1. The molecular weight excluding hydrogens is 320 g/mol. The van der Waals surface area contributed by atoms with Crippen molar-refractivity contribution in [1.82, 2.24) is 0 Å². The van der Waals surface area contributed by atoms with Gasteiger partial charge in [0.2, 0.25) is 0 Å². The fraction of sp³-hybridized carbons (Fsp3) is 0.150. The fourth-order valence-electron chi connectivity index (χ4n) is 2.05. The smallest absolute Gasteiger partial charge is 0.343 e. The van der Waals surface area contributed by atoms with E-state index in [2.05, 4.69) is 0 Å². The summed E-state index contributed by atoms with van der Waals surface area (Å²) in [5, 5.41) is 0. The second kappa shape index (κ2) is 8.59. The molecule has 0 spiro atoms. The fourth-order valence-corrected chi connectivity index (χ4v) is 2.05. The molecule has 0 aromatic heterocycles. The van der Waals surface area contributed by atoms with E-state index in [1.807, 2.05) is 6.07 Å². The molecule has 0 radical (unpaired) electrons. The number of Topliss-reactive ketones (excluding diaryl/α,β-unsaturated/α-hetero) is 1. The molecule has 0 atom stereocenters. The first kappa shape index (κ1) is 18.1. The molecule has 0 aliphatic heterocycles. The van der Waals surface area contributed by atoms with Crippen LogP contribution in [-0.2, 0) is 14.3 Å². The lowest BCUT2D eigenvalue weighted by Crippen LogP contribution is -2.13. The van der Waals surface area contributed by atoms with Gasteiger partial charge in [-0.15, -0.1) is 0 Å². The molecule has 0 fully saturated rings. The summed E-state index contributed by atoms with van der Waals surface area (Å²) in [5.41, 5.74) is 1.04. The highest BCUT2D eigenvalue weighted by molar-refractivity contribution is 6.19. The molecule has 2 rings (SSSR count). The van der Waals surface area contributed by atoms with Crippen LogP contribution in [0.3, 0.4) is 0 Å². The molecule has 0 saturated heterocycles. The van der Waals surface area contributed by atoms with Gasteiger partial charge in [-0.2, -0.15) is 0 Å². The summed E-state index contributed by atoms with van der Waals surface area (Å²) in [6, 6.07) is 15.1. The Morgan fingerprint density at radius 3 is 2.16 bits per heavy atom. The van der Waals surface area contributed by atoms with Crippen molar-refractivity contribution in [3.8, 4) is 5.75 Å². The number of carbonyl (C=O) groups is 3. The van der Waals surface area contributed by atoms with Crippen LogP contribution < -0.4 is 4.74 Å². The molecule has 0 saturated carbocycles. The lowest BCUT2D eigenvalue weighted by Gasteiger charge is -2.06. The molecule has 0 heterocycles. The van der Waals surface area contributed by atoms with Crippen molar-refractivity contribution in [3.63, 3.8) is 0 Å². The lowest BCUT2D eigenvalue weighted by molar-refractivity contribution is -0.139. The number of ketones is 1. The average molecular weight is 338 g/mol. The maximum absolute atomic E-state index is 12.0. The number of ether oxygens (including phenoxy) is 2. The summed E-state index contributed by atoms with van der Waals surface area (Å²) in [6.45, 7) is 3.17. The number of benzene rings is 2. The third-order valence-electron chi connectivity index (χ3n) is 3.29. The van der Waals surface area contributed by atoms with Crippen molar-refractivity contribution >= 4 is 23.8 Å². The van der Waals surface area contributed by atoms with Crippen LogP contribution in [0.5, 0.6) is 5.75 Å². The third kappa shape index (κ3) is 5.14. The predicted molar refractivity (Wildman–Crippen MR) is 93.1 cm³/mol. The van der Waals surface area contributed by atoms with Crippen LogP contribution in [0.25, 0.3) is 6.08 Å². The van der Waals surface area contributed by atoms with Crippen LogP contribution in [0, 0.1) is 0 Å². The Morgan fingerprint density at radius 1 is 0.960 bits per heavy atom. The Labute approximate surface area is 145 Å². The largest absolute Gasteiger partial charge is 0.462 e. The molecule has 2 aromatic carbocycles. The molecular formula is C20H18O5.